The van der Waals surface area contributed by atoms with Gasteiger partial charge in [-0.3, -0.25) is 4.79 Å². The third-order valence-electron chi connectivity index (χ3n) is 4.78. The average Bonchev–Trinajstić information content (AvgIpc) is 2.78. The molecule has 0 saturated carbocycles. The van der Waals surface area contributed by atoms with Gasteiger partial charge in [0.1, 0.15) is 0 Å². The highest BCUT2D eigenvalue weighted by atomic mass is 16.2. The molecule has 2 aromatic rings. The summed E-state index contributed by atoms with van der Waals surface area (Å²) in [5.41, 5.74) is 1.30. The molecule has 0 atom stereocenters. The first kappa shape index (κ1) is 12.3. The lowest BCUT2D eigenvalue weighted by Gasteiger charge is -2.38. The van der Waals surface area contributed by atoms with Gasteiger partial charge in [-0.25, -0.2) is 0 Å². The predicted octanol–water partition coefficient (Wildman–Crippen LogP) is 4.14. The van der Waals surface area contributed by atoms with Crippen LogP contribution in [0.25, 0.3) is 0 Å². The molecule has 0 bridgehead atoms. The third kappa shape index (κ3) is 4.70. The van der Waals surface area contributed by atoms with Crippen LogP contribution in [0, 0.1) is 0 Å². The molecule has 0 N–H and O–H groups in total. The molecule has 0 aromatic heterocycles. The quantitative estimate of drug-likeness (QED) is 0.788. The SMILES string of the molecule is [2H]c1c([2H])c([2H])c(N(C(=O)CC)C2CCN(CCc3ccccc3)CC2)c([2H])c1[2H]. The minimum Gasteiger partial charge on any atom is -0.309 e. The highest BCUT2D eigenvalue weighted by Gasteiger charge is 2.28. The number of rotatable bonds is 6. The number of carbonyl (C=O) groups is 1. The second-order valence-electron chi connectivity index (χ2n) is 6.40. The first-order chi connectivity index (χ1) is 14.3. The monoisotopic (exact) mass is 341 g/mol. The van der Waals surface area contributed by atoms with E-state index in [1.54, 1.807) is 6.92 Å². The summed E-state index contributed by atoms with van der Waals surface area (Å²) in [6.45, 7) is 4.29. The number of benzene rings is 2. The van der Waals surface area contributed by atoms with Crippen molar-refractivity contribution in [3.63, 3.8) is 0 Å². The van der Waals surface area contributed by atoms with Crippen molar-refractivity contribution in [2.24, 2.45) is 0 Å². The Bertz CT molecular complexity index is 869. The van der Waals surface area contributed by atoms with Gasteiger partial charge < -0.3 is 9.80 Å². The van der Waals surface area contributed by atoms with Crippen molar-refractivity contribution in [1.29, 1.82) is 0 Å². The van der Waals surface area contributed by atoms with Crippen LogP contribution in [0.1, 0.15) is 38.6 Å². The Morgan fingerprint density at radius 1 is 1.16 bits per heavy atom. The lowest BCUT2D eigenvalue weighted by Crippen LogP contribution is -2.47. The van der Waals surface area contributed by atoms with Gasteiger partial charge in [-0.15, -0.1) is 0 Å². The smallest absolute Gasteiger partial charge is 0.226 e. The van der Waals surface area contributed by atoms with Gasteiger partial charge >= 0.3 is 0 Å². The summed E-state index contributed by atoms with van der Waals surface area (Å²) in [6.07, 6.45) is 2.61. The van der Waals surface area contributed by atoms with Gasteiger partial charge in [-0.05, 0) is 36.9 Å². The summed E-state index contributed by atoms with van der Waals surface area (Å²) >= 11 is 0. The van der Waals surface area contributed by atoms with Crippen molar-refractivity contribution in [2.45, 2.75) is 38.6 Å². The number of nitrogens with zero attached hydrogens (tertiary/aromatic N) is 2. The molecular formula is C22H28N2O. The van der Waals surface area contributed by atoms with Crippen molar-refractivity contribution in [3.8, 4) is 0 Å². The molecule has 1 aliphatic heterocycles. The maximum Gasteiger partial charge on any atom is 0.226 e. The third-order valence-corrected chi connectivity index (χ3v) is 4.78. The van der Waals surface area contributed by atoms with E-state index < -0.39 is 18.1 Å². The van der Waals surface area contributed by atoms with Crippen LogP contribution in [0.2, 0.25) is 0 Å². The van der Waals surface area contributed by atoms with Crippen LogP contribution in [0.15, 0.2) is 60.5 Å². The van der Waals surface area contributed by atoms with Crippen molar-refractivity contribution in [1.82, 2.24) is 4.90 Å². The van der Waals surface area contributed by atoms with Crippen LogP contribution < -0.4 is 4.90 Å². The Labute approximate surface area is 158 Å². The molecule has 0 unspecified atom stereocenters. The molecule has 2 aromatic carbocycles. The molecule has 1 saturated heterocycles. The number of amides is 1. The predicted molar refractivity (Wildman–Crippen MR) is 104 cm³/mol. The van der Waals surface area contributed by atoms with E-state index >= 15 is 0 Å². The van der Waals surface area contributed by atoms with E-state index in [0.717, 1.165) is 26.1 Å². The number of carbonyl (C=O) groups excluding carboxylic acids is 1. The lowest BCUT2D eigenvalue weighted by atomic mass is 10.0. The van der Waals surface area contributed by atoms with Crippen LogP contribution in [-0.2, 0) is 11.2 Å². The summed E-state index contributed by atoms with van der Waals surface area (Å²) in [5, 5.41) is 0. The average molecular weight is 342 g/mol. The molecule has 0 radical (unpaired) electrons. The largest absolute Gasteiger partial charge is 0.309 e. The molecule has 3 heteroatoms. The van der Waals surface area contributed by atoms with Gasteiger partial charge in [-0.1, -0.05) is 55.4 Å². The molecule has 0 aliphatic carbocycles. The highest BCUT2D eigenvalue weighted by molar-refractivity contribution is 5.93. The van der Waals surface area contributed by atoms with E-state index in [4.69, 9.17) is 6.85 Å². The zero-order chi connectivity index (χ0) is 21.8. The molecule has 1 heterocycles. The number of likely N-dealkylation sites (tertiary alicyclic amines) is 1. The summed E-state index contributed by atoms with van der Waals surface area (Å²) in [7, 11) is 0. The lowest BCUT2D eigenvalue weighted by molar-refractivity contribution is -0.119. The molecular weight excluding hydrogens is 308 g/mol. The van der Waals surface area contributed by atoms with E-state index in [1.807, 2.05) is 18.2 Å². The van der Waals surface area contributed by atoms with Crippen LogP contribution in [0.5, 0.6) is 0 Å². The Kier molecular flexibility index (Phi) is 4.32. The van der Waals surface area contributed by atoms with Gasteiger partial charge in [-0.2, -0.15) is 0 Å². The van der Waals surface area contributed by atoms with Crippen molar-refractivity contribution in [2.75, 3.05) is 24.5 Å². The van der Waals surface area contributed by atoms with E-state index in [0.29, 0.717) is 12.8 Å². The minimum atomic E-state index is -0.437. The summed E-state index contributed by atoms with van der Waals surface area (Å²) < 4.78 is 40.3. The van der Waals surface area contributed by atoms with Gasteiger partial charge in [0, 0.05) is 37.8 Å². The van der Waals surface area contributed by atoms with Gasteiger partial charge in [0.15, 0.2) is 0 Å². The van der Waals surface area contributed by atoms with E-state index in [2.05, 4.69) is 17.0 Å². The van der Waals surface area contributed by atoms with Gasteiger partial charge in [0.2, 0.25) is 5.91 Å². The maximum absolute atomic E-state index is 12.8. The highest BCUT2D eigenvalue weighted by Crippen LogP contribution is 2.24. The fourth-order valence-corrected chi connectivity index (χ4v) is 3.38. The topological polar surface area (TPSA) is 23.6 Å². The number of piperidine rings is 1. The summed E-state index contributed by atoms with van der Waals surface area (Å²) in [5.74, 6) is -0.212. The Morgan fingerprint density at radius 3 is 2.48 bits per heavy atom. The van der Waals surface area contributed by atoms with Crippen LogP contribution in [0.3, 0.4) is 0 Å². The number of hydrogen-bond donors (Lipinski definition) is 0. The van der Waals surface area contributed by atoms with Crippen molar-refractivity contribution < 1.29 is 11.6 Å². The molecule has 3 rings (SSSR count). The van der Waals surface area contributed by atoms with Crippen LogP contribution in [-0.4, -0.2) is 36.5 Å². The van der Waals surface area contributed by atoms with E-state index in [1.165, 1.54) is 10.5 Å². The first-order valence-corrected chi connectivity index (χ1v) is 9.00. The second-order valence-corrected chi connectivity index (χ2v) is 6.40. The van der Waals surface area contributed by atoms with Gasteiger partial charge in [0.25, 0.3) is 0 Å². The first-order valence-electron chi connectivity index (χ1n) is 11.5. The summed E-state index contributed by atoms with van der Waals surface area (Å²) in [6, 6.07) is 8.28. The van der Waals surface area contributed by atoms with Crippen LogP contribution >= 0.6 is 0 Å². The number of anilines is 1. The van der Waals surface area contributed by atoms with Gasteiger partial charge in [0.05, 0.1) is 6.85 Å². The van der Waals surface area contributed by atoms with Crippen LogP contribution in [0.4, 0.5) is 5.69 Å². The fourth-order valence-electron chi connectivity index (χ4n) is 3.38. The maximum atomic E-state index is 12.8. The zero-order valence-electron chi connectivity index (χ0n) is 19.7. The Balaban J connectivity index is 1.76. The Morgan fingerprint density at radius 2 is 1.84 bits per heavy atom. The van der Waals surface area contributed by atoms with E-state index in [-0.39, 0.29) is 36.1 Å². The summed E-state index contributed by atoms with van der Waals surface area (Å²) in [4.78, 5) is 16.6. The molecule has 1 aliphatic rings. The number of hydrogen-bond acceptors (Lipinski definition) is 2. The molecule has 0 spiro atoms. The van der Waals surface area contributed by atoms with Crippen molar-refractivity contribution in [3.05, 3.63) is 66.1 Å². The molecule has 25 heavy (non-hydrogen) atoms. The van der Waals surface area contributed by atoms with Crippen molar-refractivity contribution >= 4 is 11.6 Å². The minimum absolute atomic E-state index is 0.00980. The van der Waals surface area contributed by atoms with E-state index in [9.17, 15) is 4.79 Å². The Hall–Kier alpha value is -2.13. The standard InChI is InChI=1S/C22H28N2O/c1-2-22(25)24(20-11-7-4-8-12-20)21-14-17-23(18-15-21)16-13-19-9-5-3-6-10-19/h3-12,21H,2,13-18H2,1H3/i4D,7D,8D,11D,12D. The second kappa shape index (κ2) is 8.82. The zero-order valence-corrected chi connectivity index (χ0v) is 14.7. The fraction of sp³-hybridized carbons (Fsp3) is 0.409. The number of para-hydroxylation sites is 1. The molecule has 3 nitrogen and oxygen atoms in total. The molecule has 132 valence electrons. The molecule has 1 amide bonds. The molecule has 1 fully saturated rings. The normalized spacial score (nSPS) is 18.7.